The molecule has 3 aliphatic heterocycles. The number of hydrogen-bond donors (Lipinski definition) is 2. The Bertz CT molecular complexity index is 1330. The van der Waals surface area contributed by atoms with Gasteiger partial charge in [0.1, 0.15) is 11.5 Å². The van der Waals surface area contributed by atoms with Gasteiger partial charge in [0, 0.05) is 35.4 Å². The number of ether oxygens (including phenoxy) is 2. The first-order chi connectivity index (χ1) is 17.9. The van der Waals surface area contributed by atoms with Crippen molar-refractivity contribution in [3.8, 4) is 0 Å². The summed E-state index contributed by atoms with van der Waals surface area (Å²) in [7, 11) is 0. The Balaban J connectivity index is 1.16. The van der Waals surface area contributed by atoms with Crippen LogP contribution in [0.25, 0.3) is 0 Å². The Morgan fingerprint density at radius 3 is 2.84 bits per heavy atom. The Hall–Kier alpha value is -3.43. The van der Waals surface area contributed by atoms with E-state index >= 15 is 0 Å². The number of morpholine rings is 1. The van der Waals surface area contributed by atoms with E-state index in [0.29, 0.717) is 19.8 Å². The van der Waals surface area contributed by atoms with Crippen molar-refractivity contribution in [2.45, 2.75) is 38.3 Å². The van der Waals surface area contributed by atoms with E-state index in [9.17, 15) is 4.79 Å². The van der Waals surface area contributed by atoms with Gasteiger partial charge in [-0.3, -0.25) is 4.79 Å². The summed E-state index contributed by atoms with van der Waals surface area (Å²) in [6.07, 6.45) is 1.57. The fourth-order valence-corrected chi connectivity index (χ4v) is 6.16. The molecular formula is C28H31N5O3S. The minimum Gasteiger partial charge on any atom is -0.476 e. The third-order valence-electron chi connectivity index (χ3n) is 6.83. The topological polar surface area (TPSA) is 88.1 Å². The van der Waals surface area contributed by atoms with Gasteiger partial charge in [0.2, 0.25) is 5.90 Å². The number of anilines is 3. The van der Waals surface area contributed by atoms with E-state index in [0.717, 1.165) is 64.5 Å². The predicted molar refractivity (Wildman–Crippen MR) is 147 cm³/mol. The maximum Gasteiger partial charge on any atom is 0.263 e. The second-order valence-electron chi connectivity index (χ2n) is 10.4. The second-order valence-corrected chi connectivity index (χ2v) is 11.3. The van der Waals surface area contributed by atoms with Crippen LogP contribution in [-0.2, 0) is 22.3 Å². The molecule has 3 aromatic rings. The van der Waals surface area contributed by atoms with Gasteiger partial charge in [0.15, 0.2) is 5.13 Å². The van der Waals surface area contributed by atoms with Crippen molar-refractivity contribution < 1.29 is 14.3 Å². The van der Waals surface area contributed by atoms with E-state index in [-0.39, 0.29) is 17.5 Å². The first-order valence-corrected chi connectivity index (χ1v) is 13.6. The number of aromatic nitrogens is 1. The standard InChI is InChI=1S/C28H31N5O3S/c1-28(2)16-23-24(25(34)32-28)37-27(31-23)33-11-13-35-17-22(33)15-18-4-3-5-21(14-18)30-20-8-6-19(7-9-20)26-29-10-12-36-26/h3-9,14,22,30H,10-13,15-17H2,1-2H3,(H,32,34). The zero-order valence-electron chi connectivity index (χ0n) is 21.1. The predicted octanol–water partition coefficient (Wildman–Crippen LogP) is 4.18. The summed E-state index contributed by atoms with van der Waals surface area (Å²) < 4.78 is 11.4. The summed E-state index contributed by atoms with van der Waals surface area (Å²) >= 11 is 1.50. The molecule has 2 aromatic carbocycles. The van der Waals surface area contributed by atoms with E-state index in [2.05, 4.69) is 44.8 Å². The van der Waals surface area contributed by atoms with Crippen molar-refractivity contribution >= 4 is 39.6 Å². The molecule has 0 aliphatic carbocycles. The lowest BCUT2D eigenvalue weighted by Gasteiger charge is -2.35. The molecule has 1 unspecified atom stereocenters. The molecule has 4 heterocycles. The van der Waals surface area contributed by atoms with Crippen LogP contribution in [0.2, 0.25) is 0 Å². The first-order valence-electron chi connectivity index (χ1n) is 12.7. The Labute approximate surface area is 220 Å². The van der Waals surface area contributed by atoms with Crippen LogP contribution in [-0.4, -0.2) is 61.3 Å². The van der Waals surface area contributed by atoms with Gasteiger partial charge in [-0.25, -0.2) is 9.98 Å². The van der Waals surface area contributed by atoms with Crippen molar-refractivity contribution in [1.82, 2.24) is 10.3 Å². The smallest absolute Gasteiger partial charge is 0.263 e. The van der Waals surface area contributed by atoms with E-state index in [1.165, 1.54) is 16.9 Å². The summed E-state index contributed by atoms with van der Waals surface area (Å²) in [6.45, 7) is 7.52. The van der Waals surface area contributed by atoms with Crippen LogP contribution < -0.4 is 15.5 Å². The summed E-state index contributed by atoms with van der Waals surface area (Å²) in [5.41, 5.74) is 4.90. The zero-order chi connectivity index (χ0) is 25.4. The van der Waals surface area contributed by atoms with Crippen molar-refractivity contribution in [3.05, 3.63) is 70.2 Å². The molecule has 192 valence electrons. The van der Waals surface area contributed by atoms with Crippen molar-refractivity contribution in [2.75, 3.05) is 43.1 Å². The highest BCUT2D eigenvalue weighted by molar-refractivity contribution is 7.17. The average molecular weight is 518 g/mol. The molecule has 0 spiro atoms. The Morgan fingerprint density at radius 2 is 2.03 bits per heavy atom. The molecule has 1 atom stereocenters. The highest BCUT2D eigenvalue weighted by Gasteiger charge is 2.35. The van der Waals surface area contributed by atoms with Crippen LogP contribution in [0.15, 0.2) is 53.5 Å². The lowest BCUT2D eigenvalue weighted by atomic mass is 9.94. The third-order valence-corrected chi connectivity index (χ3v) is 7.96. The second kappa shape index (κ2) is 9.79. The summed E-state index contributed by atoms with van der Waals surface area (Å²) in [5, 5.41) is 7.51. The van der Waals surface area contributed by atoms with E-state index < -0.39 is 0 Å². The van der Waals surface area contributed by atoms with Gasteiger partial charge in [0.25, 0.3) is 5.91 Å². The molecule has 37 heavy (non-hydrogen) atoms. The Morgan fingerprint density at radius 1 is 1.16 bits per heavy atom. The number of aliphatic imine (C=N–C) groups is 1. The molecule has 0 radical (unpaired) electrons. The molecule has 3 aliphatic rings. The number of rotatable bonds is 6. The third kappa shape index (κ3) is 5.19. The average Bonchev–Trinajstić information content (AvgIpc) is 3.55. The molecule has 1 fully saturated rings. The summed E-state index contributed by atoms with van der Waals surface area (Å²) in [5.74, 6) is 0.702. The van der Waals surface area contributed by atoms with Crippen molar-refractivity contribution in [2.24, 2.45) is 4.99 Å². The Kier molecular flexibility index (Phi) is 6.34. The number of thiazole rings is 1. The fourth-order valence-electron chi connectivity index (χ4n) is 5.08. The summed E-state index contributed by atoms with van der Waals surface area (Å²) in [6, 6.07) is 16.8. The number of benzene rings is 2. The van der Waals surface area contributed by atoms with E-state index in [4.69, 9.17) is 14.5 Å². The number of nitrogens with zero attached hydrogens (tertiary/aromatic N) is 3. The maximum absolute atomic E-state index is 12.6. The lowest BCUT2D eigenvalue weighted by molar-refractivity contribution is 0.0900. The van der Waals surface area contributed by atoms with Crippen LogP contribution in [0.5, 0.6) is 0 Å². The van der Waals surface area contributed by atoms with Gasteiger partial charge in [-0.15, -0.1) is 0 Å². The molecule has 6 rings (SSSR count). The van der Waals surface area contributed by atoms with Gasteiger partial charge in [-0.05, 0) is 62.2 Å². The normalized spacial score (nSPS) is 20.6. The number of nitrogens with one attached hydrogen (secondary N) is 2. The monoisotopic (exact) mass is 517 g/mol. The van der Waals surface area contributed by atoms with Crippen LogP contribution in [0.4, 0.5) is 16.5 Å². The number of amides is 1. The number of fused-ring (bicyclic) bond motifs is 1. The SMILES string of the molecule is CC1(C)Cc2nc(N3CCOCC3Cc3cccc(Nc4ccc(C5=NCCO5)cc4)c3)sc2C(=O)N1. The number of carbonyl (C=O) groups is 1. The van der Waals surface area contributed by atoms with Crippen molar-refractivity contribution in [3.63, 3.8) is 0 Å². The molecule has 1 amide bonds. The molecule has 0 saturated carbocycles. The summed E-state index contributed by atoms with van der Waals surface area (Å²) in [4.78, 5) is 25.0. The first kappa shape index (κ1) is 23.9. The van der Waals surface area contributed by atoms with Crippen LogP contribution in [0.3, 0.4) is 0 Å². The van der Waals surface area contributed by atoms with Crippen LogP contribution in [0.1, 0.15) is 40.3 Å². The molecule has 2 N–H and O–H groups in total. The lowest BCUT2D eigenvalue weighted by Crippen LogP contribution is -2.48. The van der Waals surface area contributed by atoms with Crippen LogP contribution >= 0.6 is 11.3 Å². The molecule has 9 heteroatoms. The molecule has 1 saturated heterocycles. The highest BCUT2D eigenvalue weighted by atomic mass is 32.1. The minimum atomic E-state index is -0.272. The highest BCUT2D eigenvalue weighted by Crippen LogP contribution is 2.34. The van der Waals surface area contributed by atoms with Gasteiger partial charge in [-0.2, -0.15) is 0 Å². The fraction of sp³-hybridized carbons (Fsp3) is 0.393. The number of hydrogen-bond acceptors (Lipinski definition) is 8. The van der Waals surface area contributed by atoms with Gasteiger partial charge in [-0.1, -0.05) is 23.5 Å². The largest absolute Gasteiger partial charge is 0.476 e. The molecule has 0 bridgehead atoms. The molecule has 1 aromatic heterocycles. The van der Waals surface area contributed by atoms with E-state index in [1.54, 1.807) is 0 Å². The number of carbonyl (C=O) groups excluding carboxylic acids is 1. The van der Waals surface area contributed by atoms with Crippen LogP contribution in [0, 0.1) is 0 Å². The van der Waals surface area contributed by atoms with Gasteiger partial charge >= 0.3 is 0 Å². The minimum absolute atomic E-state index is 0.0182. The molecular weight excluding hydrogens is 486 g/mol. The zero-order valence-corrected chi connectivity index (χ0v) is 21.9. The molecule has 8 nitrogen and oxygen atoms in total. The van der Waals surface area contributed by atoms with Crippen molar-refractivity contribution in [1.29, 1.82) is 0 Å². The van der Waals surface area contributed by atoms with E-state index in [1.807, 2.05) is 38.1 Å². The quantitative estimate of drug-likeness (QED) is 0.510. The van der Waals surface area contributed by atoms with Gasteiger partial charge in [0.05, 0.1) is 31.5 Å². The maximum atomic E-state index is 12.6. The van der Waals surface area contributed by atoms with Gasteiger partial charge < -0.3 is 25.0 Å².